The molecule has 1 fully saturated rings. The van der Waals surface area contributed by atoms with Crippen molar-refractivity contribution in [1.29, 1.82) is 0 Å². The maximum Gasteiger partial charge on any atom is 0.271 e. The van der Waals surface area contributed by atoms with Crippen LogP contribution in [0.5, 0.6) is 5.75 Å². The number of aliphatic hydroxyl groups excluding tert-OH is 1. The molecule has 218 valence electrons. The minimum atomic E-state index is -0.866. The molecule has 2 atom stereocenters. The first-order valence-electron chi connectivity index (χ1n) is 13.7. The third-order valence-electron chi connectivity index (χ3n) is 7.64. The van der Waals surface area contributed by atoms with E-state index in [-0.39, 0.29) is 17.7 Å². The number of fused-ring (bicyclic) bond motifs is 1. The molecule has 3 aromatic rings. The van der Waals surface area contributed by atoms with Gasteiger partial charge in [0.05, 0.1) is 25.5 Å². The van der Waals surface area contributed by atoms with Gasteiger partial charge in [-0.25, -0.2) is 14.4 Å². The van der Waals surface area contributed by atoms with Gasteiger partial charge >= 0.3 is 0 Å². The summed E-state index contributed by atoms with van der Waals surface area (Å²) >= 11 is 0. The van der Waals surface area contributed by atoms with E-state index in [9.17, 15) is 19.1 Å². The van der Waals surface area contributed by atoms with Crippen LogP contribution < -0.4 is 15.4 Å². The van der Waals surface area contributed by atoms with E-state index in [1.807, 2.05) is 17.7 Å². The molecule has 0 bridgehead atoms. The first-order chi connectivity index (χ1) is 19.8. The fraction of sp³-hybridized carbons (Fsp3) is 0.448. The molecule has 12 heteroatoms. The van der Waals surface area contributed by atoms with Crippen molar-refractivity contribution >= 4 is 17.8 Å². The van der Waals surface area contributed by atoms with Gasteiger partial charge in [0.25, 0.3) is 5.91 Å². The number of nitrogens with one attached hydrogen (secondary N) is 2. The summed E-state index contributed by atoms with van der Waals surface area (Å²) in [6.45, 7) is 5.35. The van der Waals surface area contributed by atoms with Crippen LogP contribution >= 0.6 is 0 Å². The molecular formula is C29H35FN6O5. The van der Waals surface area contributed by atoms with Gasteiger partial charge in [0.2, 0.25) is 11.9 Å². The first kappa shape index (κ1) is 28.5. The Hall–Kier alpha value is -4.03. The molecule has 0 unspecified atom stereocenters. The second kappa shape index (κ2) is 12.2. The Morgan fingerprint density at radius 1 is 1.24 bits per heavy atom. The van der Waals surface area contributed by atoms with Crippen LogP contribution in [0.3, 0.4) is 0 Å². The van der Waals surface area contributed by atoms with Crippen molar-refractivity contribution in [1.82, 2.24) is 24.8 Å². The van der Waals surface area contributed by atoms with Crippen molar-refractivity contribution in [2.45, 2.75) is 51.4 Å². The number of halogens is 1. The number of aliphatic hydroxyl groups is 1. The lowest BCUT2D eigenvalue weighted by Gasteiger charge is -2.33. The zero-order valence-corrected chi connectivity index (χ0v) is 23.4. The monoisotopic (exact) mass is 566 g/mol. The molecule has 11 nitrogen and oxygen atoms in total. The van der Waals surface area contributed by atoms with E-state index >= 15 is 0 Å². The van der Waals surface area contributed by atoms with Crippen molar-refractivity contribution in [3.05, 3.63) is 59.3 Å². The molecule has 0 aliphatic carbocycles. The number of aromatic nitrogens is 3. The van der Waals surface area contributed by atoms with Gasteiger partial charge in [-0.1, -0.05) is 0 Å². The zero-order chi connectivity index (χ0) is 29.1. The molecular weight excluding hydrogens is 531 g/mol. The molecule has 5 rings (SSSR count). The van der Waals surface area contributed by atoms with Crippen LogP contribution in [0.4, 0.5) is 10.3 Å². The van der Waals surface area contributed by atoms with Gasteiger partial charge in [0, 0.05) is 56.4 Å². The predicted molar refractivity (Wildman–Crippen MR) is 149 cm³/mol. The van der Waals surface area contributed by atoms with Gasteiger partial charge < -0.3 is 34.7 Å². The van der Waals surface area contributed by atoms with E-state index in [0.29, 0.717) is 43.5 Å². The van der Waals surface area contributed by atoms with Crippen molar-refractivity contribution in [2.75, 3.05) is 38.8 Å². The average molecular weight is 567 g/mol. The maximum atomic E-state index is 14.0. The number of amides is 2. The Labute approximate surface area is 237 Å². The van der Waals surface area contributed by atoms with Crippen molar-refractivity contribution in [3.8, 4) is 17.0 Å². The number of carbonyl (C=O) groups excluding carboxylic acids is 2. The molecule has 0 spiro atoms. The fourth-order valence-corrected chi connectivity index (χ4v) is 5.24. The second-order valence-corrected chi connectivity index (χ2v) is 10.4. The van der Waals surface area contributed by atoms with E-state index in [0.717, 1.165) is 29.7 Å². The lowest BCUT2D eigenvalue weighted by Crippen LogP contribution is -2.52. The number of methoxy groups -OCH3 is 1. The van der Waals surface area contributed by atoms with Crippen LogP contribution in [-0.2, 0) is 16.1 Å². The zero-order valence-electron chi connectivity index (χ0n) is 23.4. The third kappa shape index (κ3) is 6.18. The normalized spacial score (nSPS) is 17.1. The number of anilines is 1. The van der Waals surface area contributed by atoms with Gasteiger partial charge in [-0.2, -0.15) is 0 Å². The summed E-state index contributed by atoms with van der Waals surface area (Å²) < 4.78 is 26.4. The number of rotatable bonds is 9. The van der Waals surface area contributed by atoms with Crippen LogP contribution in [-0.4, -0.2) is 81.9 Å². The van der Waals surface area contributed by atoms with Crippen molar-refractivity contribution < 1.29 is 28.6 Å². The summed E-state index contributed by atoms with van der Waals surface area (Å²) in [4.78, 5) is 37.4. The molecule has 3 N–H and O–H groups in total. The molecule has 2 amide bonds. The van der Waals surface area contributed by atoms with Crippen LogP contribution in [0.2, 0.25) is 0 Å². The molecule has 4 heterocycles. The molecule has 0 radical (unpaired) electrons. The highest BCUT2D eigenvalue weighted by Crippen LogP contribution is 2.28. The highest BCUT2D eigenvalue weighted by atomic mass is 19.1. The Balaban J connectivity index is 1.30. The maximum absolute atomic E-state index is 14.0. The summed E-state index contributed by atoms with van der Waals surface area (Å²) in [6.07, 6.45) is 5.45. The number of aryl methyl sites for hydroxylation is 1. The largest absolute Gasteiger partial charge is 0.497 e. The van der Waals surface area contributed by atoms with E-state index in [1.54, 1.807) is 25.3 Å². The fourth-order valence-electron chi connectivity index (χ4n) is 5.24. The Morgan fingerprint density at radius 2 is 2.02 bits per heavy atom. The summed E-state index contributed by atoms with van der Waals surface area (Å²) in [5, 5.41) is 16.0. The second-order valence-electron chi connectivity index (χ2n) is 10.4. The number of hydrogen-bond acceptors (Lipinski definition) is 8. The standard InChI is InChI=1S/C29H35FN6O5/c1-17-14-31-29(32-22-4-8-41-9-5-22)34-26(17)20-12-25-28(39)36(7-6-35(25)15-20)18(2)27(38)33-24(16-37)19-10-21(30)13-23(11-19)40-3/h10-15,18,22,24,37H,4-9,16H2,1-3H3,(H,33,38)(H,31,32,34)/t18-,24+/m0/s1. The molecule has 2 aliphatic rings. The minimum absolute atomic E-state index is 0.248. The number of benzene rings is 1. The molecule has 2 aliphatic heterocycles. The summed E-state index contributed by atoms with van der Waals surface area (Å²) in [5.74, 6) is -0.488. The Morgan fingerprint density at radius 3 is 2.76 bits per heavy atom. The van der Waals surface area contributed by atoms with Crippen LogP contribution in [0.25, 0.3) is 11.3 Å². The predicted octanol–water partition coefficient (Wildman–Crippen LogP) is 2.69. The number of carbonyl (C=O) groups is 2. The summed E-state index contributed by atoms with van der Waals surface area (Å²) in [6, 6.07) is 4.35. The number of ether oxygens (including phenoxy) is 2. The third-order valence-corrected chi connectivity index (χ3v) is 7.64. The molecule has 2 aromatic heterocycles. The topological polar surface area (TPSA) is 131 Å². The highest BCUT2D eigenvalue weighted by Gasteiger charge is 2.33. The lowest BCUT2D eigenvalue weighted by molar-refractivity contribution is -0.126. The van der Waals surface area contributed by atoms with Crippen LogP contribution in [0.1, 0.15) is 47.4 Å². The van der Waals surface area contributed by atoms with Crippen LogP contribution in [0.15, 0.2) is 36.7 Å². The Kier molecular flexibility index (Phi) is 8.50. The SMILES string of the molecule is COc1cc(F)cc([C@@H](CO)NC(=O)[C@H](C)N2CCn3cc(-c4nc(NC5CCOCC5)ncc4C)cc3C2=O)c1. The van der Waals surface area contributed by atoms with E-state index in [1.165, 1.54) is 24.1 Å². The molecule has 41 heavy (non-hydrogen) atoms. The summed E-state index contributed by atoms with van der Waals surface area (Å²) in [5.41, 5.74) is 3.22. The smallest absolute Gasteiger partial charge is 0.271 e. The molecule has 1 saturated heterocycles. The first-order valence-corrected chi connectivity index (χ1v) is 13.7. The van der Waals surface area contributed by atoms with Crippen molar-refractivity contribution in [3.63, 3.8) is 0 Å². The minimum Gasteiger partial charge on any atom is -0.497 e. The quantitative estimate of drug-likeness (QED) is 0.361. The number of hydrogen-bond donors (Lipinski definition) is 3. The van der Waals surface area contributed by atoms with Gasteiger partial charge in [-0.3, -0.25) is 9.59 Å². The highest BCUT2D eigenvalue weighted by molar-refractivity contribution is 5.98. The van der Waals surface area contributed by atoms with Gasteiger partial charge in [-0.05, 0) is 56.0 Å². The van der Waals surface area contributed by atoms with E-state index in [4.69, 9.17) is 14.5 Å². The molecule has 1 aromatic carbocycles. The average Bonchev–Trinajstić information content (AvgIpc) is 3.42. The van der Waals surface area contributed by atoms with Gasteiger partial charge in [0.1, 0.15) is 23.3 Å². The number of nitrogens with zero attached hydrogens (tertiary/aromatic N) is 4. The molecule has 0 saturated carbocycles. The Bertz CT molecular complexity index is 1420. The summed E-state index contributed by atoms with van der Waals surface area (Å²) in [7, 11) is 1.41. The van der Waals surface area contributed by atoms with Crippen LogP contribution in [0, 0.1) is 12.7 Å². The van der Waals surface area contributed by atoms with Crippen molar-refractivity contribution in [2.24, 2.45) is 0 Å². The van der Waals surface area contributed by atoms with Gasteiger partial charge in [0.15, 0.2) is 0 Å². The van der Waals surface area contributed by atoms with E-state index in [2.05, 4.69) is 15.6 Å². The lowest BCUT2D eigenvalue weighted by atomic mass is 10.1. The van der Waals surface area contributed by atoms with E-state index < -0.39 is 30.4 Å². The van der Waals surface area contributed by atoms with Gasteiger partial charge in [-0.15, -0.1) is 0 Å².